The lowest BCUT2D eigenvalue weighted by atomic mass is 9.90. The van der Waals surface area contributed by atoms with Crippen LogP contribution in [-0.2, 0) is 16.6 Å². The highest BCUT2D eigenvalue weighted by atomic mass is 32.2. The van der Waals surface area contributed by atoms with E-state index in [4.69, 9.17) is 5.14 Å². The third-order valence-corrected chi connectivity index (χ3v) is 4.46. The van der Waals surface area contributed by atoms with E-state index in [1.165, 1.54) is 12.3 Å². The molecule has 0 aliphatic carbocycles. The van der Waals surface area contributed by atoms with Gasteiger partial charge in [0.1, 0.15) is 10.6 Å². The molecule has 1 aromatic rings. The standard InChI is InChI=1S/C14H25N3O3S/c1-5-7-17-9-11(21(15,19)20)8-12(17)13(18)16-10-14(3,4)6-2/h8-9H,5-7,10H2,1-4H3,(H,16,18)(H2,15,19,20). The van der Waals surface area contributed by atoms with Crippen molar-refractivity contribution in [3.8, 4) is 0 Å². The monoisotopic (exact) mass is 315 g/mol. The van der Waals surface area contributed by atoms with E-state index in [1.54, 1.807) is 4.57 Å². The number of aryl methyl sites for hydroxylation is 1. The molecule has 1 heterocycles. The average Bonchev–Trinajstić information content (AvgIpc) is 2.81. The van der Waals surface area contributed by atoms with Crippen LogP contribution >= 0.6 is 0 Å². The third kappa shape index (κ3) is 4.86. The van der Waals surface area contributed by atoms with Crippen LogP contribution in [0.3, 0.4) is 0 Å². The van der Waals surface area contributed by atoms with Gasteiger partial charge in [-0.05, 0) is 24.3 Å². The largest absolute Gasteiger partial charge is 0.350 e. The van der Waals surface area contributed by atoms with Gasteiger partial charge in [-0.1, -0.05) is 27.7 Å². The van der Waals surface area contributed by atoms with Crippen LogP contribution < -0.4 is 10.5 Å². The summed E-state index contributed by atoms with van der Waals surface area (Å²) >= 11 is 0. The number of rotatable bonds is 7. The lowest BCUT2D eigenvalue weighted by Crippen LogP contribution is -2.34. The Balaban J connectivity index is 3.00. The van der Waals surface area contributed by atoms with Gasteiger partial charge in [-0.15, -0.1) is 0 Å². The van der Waals surface area contributed by atoms with Gasteiger partial charge in [0.05, 0.1) is 0 Å². The fourth-order valence-corrected chi connectivity index (χ4v) is 2.34. The van der Waals surface area contributed by atoms with Gasteiger partial charge >= 0.3 is 0 Å². The van der Waals surface area contributed by atoms with Crippen LogP contribution in [0.15, 0.2) is 17.2 Å². The Morgan fingerprint density at radius 1 is 1.38 bits per heavy atom. The summed E-state index contributed by atoms with van der Waals surface area (Å²) < 4.78 is 24.5. The quantitative estimate of drug-likeness (QED) is 0.802. The molecule has 6 nitrogen and oxygen atoms in total. The number of nitrogens with two attached hydrogens (primary N) is 1. The van der Waals surface area contributed by atoms with Crippen LogP contribution in [0.2, 0.25) is 0 Å². The molecule has 0 saturated carbocycles. The molecule has 120 valence electrons. The van der Waals surface area contributed by atoms with Crippen molar-refractivity contribution in [3.05, 3.63) is 18.0 Å². The summed E-state index contributed by atoms with van der Waals surface area (Å²) in [6, 6.07) is 1.33. The Hall–Kier alpha value is -1.34. The minimum Gasteiger partial charge on any atom is -0.350 e. The predicted molar refractivity (Wildman–Crippen MR) is 82.5 cm³/mol. The zero-order valence-corrected chi connectivity index (χ0v) is 14.0. The molecule has 0 fully saturated rings. The van der Waals surface area contributed by atoms with Gasteiger partial charge in [0.15, 0.2) is 0 Å². The van der Waals surface area contributed by atoms with E-state index in [9.17, 15) is 13.2 Å². The summed E-state index contributed by atoms with van der Waals surface area (Å²) in [6.45, 7) is 9.24. The van der Waals surface area contributed by atoms with Crippen molar-refractivity contribution in [1.82, 2.24) is 9.88 Å². The molecule has 1 aromatic heterocycles. The van der Waals surface area contributed by atoms with E-state index in [-0.39, 0.29) is 16.2 Å². The molecule has 1 amide bonds. The number of nitrogens with one attached hydrogen (secondary N) is 1. The minimum absolute atomic E-state index is 0.000608. The molecule has 0 aliphatic heterocycles. The third-order valence-electron chi connectivity index (χ3n) is 3.58. The van der Waals surface area contributed by atoms with Crippen molar-refractivity contribution in [1.29, 1.82) is 0 Å². The first kappa shape index (κ1) is 17.7. The fraction of sp³-hybridized carbons (Fsp3) is 0.643. The highest BCUT2D eigenvalue weighted by molar-refractivity contribution is 7.89. The zero-order valence-electron chi connectivity index (χ0n) is 13.1. The van der Waals surface area contributed by atoms with Crippen LogP contribution in [0.1, 0.15) is 51.0 Å². The van der Waals surface area contributed by atoms with E-state index in [1.807, 2.05) is 6.92 Å². The topological polar surface area (TPSA) is 94.2 Å². The summed E-state index contributed by atoms with van der Waals surface area (Å²) in [6.07, 6.45) is 3.14. The number of sulfonamides is 1. The Bertz CT molecular complexity index is 603. The van der Waals surface area contributed by atoms with Crippen molar-refractivity contribution in [3.63, 3.8) is 0 Å². The molecule has 7 heteroatoms. The van der Waals surface area contributed by atoms with Gasteiger partial charge in [0.25, 0.3) is 5.91 Å². The van der Waals surface area contributed by atoms with Crippen molar-refractivity contribution in [2.75, 3.05) is 6.54 Å². The number of nitrogens with zero attached hydrogens (tertiary/aromatic N) is 1. The summed E-state index contributed by atoms with van der Waals surface area (Å²) in [5.74, 6) is -0.278. The fourth-order valence-electron chi connectivity index (χ4n) is 1.79. The Labute approximate surface area is 126 Å². The summed E-state index contributed by atoms with van der Waals surface area (Å²) in [5, 5.41) is 7.99. The van der Waals surface area contributed by atoms with Crippen molar-refractivity contribution < 1.29 is 13.2 Å². The zero-order chi connectivity index (χ0) is 16.3. The SMILES string of the molecule is CCCn1cc(S(N)(=O)=O)cc1C(=O)NCC(C)(C)CC. The van der Waals surface area contributed by atoms with Gasteiger partial charge in [-0.3, -0.25) is 4.79 Å². The van der Waals surface area contributed by atoms with Crippen LogP contribution in [0.25, 0.3) is 0 Å². The first-order chi connectivity index (χ1) is 9.60. The van der Waals surface area contributed by atoms with Gasteiger partial charge in [-0.25, -0.2) is 13.6 Å². The van der Waals surface area contributed by atoms with Crippen molar-refractivity contribution in [2.24, 2.45) is 10.6 Å². The summed E-state index contributed by atoms with van der Waals surface area (Å²) in [4.78, 5) is 12.2. The molecule has 1 rings (SSSR count). The number of hydrogen-bond acceptors (Lipinski definition) is 3. The smallest absolute Gasteiger partial charge is 0.267 e. The molecule has 0 aliphatic rings. The van der Waals surface area contributed by atoms with E-state index in [0.29, 0.717) is 18.8 Å². The molecule has 3 N–H and O–H groups in total. The highest BCUT2D eigenvalue weighted by Gasteiger charge is 2.21. The number of hydrogen-bond donors (Lipinski definition) is 2. The van der Waals surface area contributed by atoms with E-state index < -0.39 is 10.0 Å². The molecular formula is C14H25N3O3S. The lowest BCUT2D eigenvalue weighted by molar-refractivity contribution is 0.0926. The summed E-state index contributed by atoms with van der Waals surface area (Å²) in [7, 11) is -3.81. The molecule has 0 aromatic carbocycles. The highest BCUT2D eigenvalue weighted by Crippen LogP contribution is 2.19. The van der Waals surface area contributed by atoms with E-state index in [0.717, 1.165) is 12.8 Å². The van der Waals surface area contributed by atoms with Crippen molar-refractivity contribution >= 4 is 15.9 Å². The second-order valence-corrected chi connectivity index (χ2v) is 7.56. The minimum atomic E-state index is -3.81. The van der Waals surface area contributed by atoms with Crippen LogP contribution in [0, 0.1) is 5.41 Å². The number of aromatic nitrogens is 1. The molecular weight excluding hydrogens is 290 g/mol. The summed E-state index contributed by atoms with van der Waals surface area (Å²) in [5.41, 5.74) is 0.327. The van der Waals surface area contributed by atoms with E-state index in [2.05, 4.69) is 26.1 Å². The molecule has 0 radical (unpaired) electrons. The van der Waals surface area contributed by atoms with Gasteiger partial charge < -0.3 is 9.88 Å². The van der Waals surface area contributed by atoms with Gasteiger partial charge in [0.2, 0.25) is 10.0 Å². The first-order valence-electron chi connectivity index (χ1n) is 7.12. The molecule has 0 spiro atoms. The molecule has 0 unspecified atom stereocenters. The number of carbonyl (C=O) groups is 1. The molecule has 0 atom stereocenters. The maximum atomic E-state index is 12.3. The Kier molecular flexibility index (Phi) is 5.58. The molecule has 0 bridgehead atoms. The predicted octanol–water partition coefficient (Wildman–Crippen LogP) is 1.71. The van der Waals surface area contributed by atoms with Gasteiger partial charge in [-0.2, -0.15) is 0 Å². The Morgan fingerprint density at radius 2 is 2.00 bits per heavy atom. The van der Waals surface area contributed by atoms with Gasteiger partial charge in [0, 0.05) is 19.3 Å². The van der Waals surface area contributed by atoms with Crippen LogP contribution in [-0.4, -0.2) is 25.4 Å². The maximum absolute atomic E-state index is 12.3. The lowest BCUT2D eigenvalue weighted by Gasteiger charge is -2.23. The first-order valence-corrected chi connectivity index (χ1v) is 8.66. The molecule has 21 heavy (non-hydrogen) atoms. The number of carbonyl (C=O) groups excluding carboxylic acids is 1. The Morgan fingerprint density at radius 3 is 2.48 bits per heavy atom. The van der Waals surface area contributed by atoms with E-state index >= 15 is 0 Å². The van der Waals surface area contributed by atoms with Crippen LogP contribution in [0.5, 0.6) is 0 Å². The number of amides is 1. The average molecular weight is 315 g/mol. The van der Waals surface area contributed by atoms with Crippen molar-refractivity contribution in [2.45, 2.75) is 52.0 Å². The number of primary sulfonamides is 1. The second-order valence-electron chi connectivity index (χ2n) is 6.00. The van der Waals surface area contributed by atoms with Crippen LogP contribution in [0.4, 0.5) is 0 Å². The normalized spacial score (nSPS) is 12.4. The maximum Gasteiger partial charge on any atom is 0.267 e. The second kappa shape index (κ2) is 6.62. The molecule has 0 saturated heterocycles.